The SMILES string of the molecule is CCN1CCC(CNC2COCC2O)CC1. The lowest BCUT2D eigenvalue weighted by molar-refractivity contribution is 0.121. The average molecular weight is 228 g/mol. The standard InChI is InChI=1S/C12H24N2O2/c1-2-14-5-3-10(4-6-14)7-13-11-8-16-9-12(11)15/h10-13,15H,2-9H2,1H3. The maximum absolute atomic E-state index is 9.60. The van der Waals surface area contributed by atoms with E-state index < -0.39 is 0 Å². The molecule has 4 nitrogen and oxygen atoms in total. The van der Waals surface area contributed by atoms with Crippen molar-refractivity contribution in [3.05, 3.63) is 0 Å². The summed E-state index contributed by atoms with van der Waals surface area (Å²) in [6.07, 6.45) is 2.26. The van der Waals surface area contributed by atoms with Crippen molar-refractivity contribution in [3.8, 4) is 0 Å². The van der Waals surface area contributed by atoms with Crippen LogP contribution in [0.2, 0.25) is 0 Å². The Kier molecular flexibility index (Phi) is 4.58. The highest BCUT2D eigenvalue weighted by molar-refractivity contribution is 4.82. The monoisotopic (exact) mass is 228 g/mol. The molecular formula is C12H24N2O2. The third kappa shape index (κ3) is 3.17. The van der Waals surface area contributed by atoms with E-state index in [0.717, 1.165) is 12.5 Å². The fourth-order valence-electron chi connectivity index (χ4n) is 2.56. The third-order valence-electron chi connectivity index (χ3n) is 3.87. The van der Waals surface area contributed by atoms with Gasteiger partial charge in [-0.15, -0.1) is 0 Å². The van der Waals surface area contributed by atoms with Crippen LogP contribution < -0.4 is 5.32 Å². The van der Waals surface area contributed by atoms with Crippen LogP contribution in [0.4, 0.5) is 0 Å². The molecule has 2 fully saturated rings. The van der Waals surface area contributed by atoms with Crippen molar-refractivity contribution in [2.45, 2.75) is 31.9 Å². The second kappa shape index (κ2) is 5.96. The molecule has 0 saturated carbocycles. The quantitative estimate of drug-likeness (QED) is 0.714. The lowest BCUT2D eigenvalue weighted by Crippen LogP contribution is -2.43. The highest BCUT2D eigenvalue weighted by Gasteiger charge is 2.27. The maximum Gasteiger partial charge on any atom is 0.0948 e. The van der Waals surface area contributed by atoms with Crippen molar-refractivity contribution in [2.24, 2.45) is 5.92 Å². The molecule has 94 valence electrons. The second-order valence-corrected chi connectivity index (χ2v) is 5.00. The molecule has 0 aromatic carbocycles. The van der Waals surface area contributed by atoms with Gasteiger partial charge >= 0.3 is 0 Å². The zero-order valence-corrected chi connectivity index (χ0v) is 10.2. The number of rotatable bonds is 4. The molecule has 0 aliphatic carbocycles. The van der Waals surface area contributed by atoms with E-state index in [1.54, 1.807) is 0 Å². The van der Waals surface area contributed by atoms with Crippen LogP contribution in [0.5, 0.6) is 0 Å². The largest absolute Gasteiger partial charge is 0.389 e. The number of hydrogen-bond donors (Lipinski definition) is 2. The van der Waals surface area contributed by atoms with Crippen LogP contribution in [-0.2, 0) is 4.74 Å². The molecule has 0 bridgehead atoms. The molecule has 2 atom stereocenters. The zero-order chi connectivity index (χ0) is 11.4. The Morgan fingerprint density at radius 2 is 2.06 bits per heavy atom. The zero-order valence-electron chi connectivity index (χ0n) is 10.2. The molecular weight excluding hydrogens is 204 g/mol. The number of aliphatic hydroxyl groups excluding tert-OH is 1. The fourth-order valence-corrected chi connectivity index (χ4v) is 2.56. The van der Waals surface area contributed by atoms with Crippen LogP contribution in [-0.4, -0.2) is 61.5 Å². The summed E-state index contributed by atoms with van der Waals surface area (Å²) in [5, 5.41) is 13.0. The van der Waals surface area contributed by atoms with Gasteiger partial charge in [-0.05, 0) is 44.9 Å². The van der Waals surface area contributed by atoms with Gasteiger partial charge in [0.1, 0.15) is 0 Å². The highest BCUT2D eigenvalue weighted by atomic mass is 16.5. The normalized spacial score (nSPS) is 33.4. The van der Waals surface area contributed by atoms with Gasteiger partial charge in [0.2, 0.25) is 0 Å². The van der Waals surface area contributed by atoms with Crippen LogP contribution >= 0.6 is 0 Å². The van der Waals surface area contributed by atoms with Crippen LogP contribution in [0.3, 0.4) is 0 Å². The van der Waals surface area contributed by atoms with E-state index in [1.165, 1.54) is 32.5 Å². The van der Waals surface area contributed by atoms with Crippen LogP contribution in [0, 0.1) is 5.92 Å². The second-order valence-electron chi connectivity index (χ2n) is 5.00. The average Bonchev–Trinajstić information content (AvgIpc) is 2.73. The van der Waals surface area contributed by atoms with E-state index in [4.69, 9.17) is 4.74 Å². The molecule has 0 aromatic rings. The van der Waals surface area contributed by atoms with Crippen molar-refractivity contribution in [3.63, 3.8) is 0 Å². The molecule has 0 radical (unpaired) electrons. The van der Waals surface area contributed by atoms with Gasteiger partial charge in [-0.1, -0.05) is 6.92 Å². The molecule has 2 rings (SSSR count). The molecule has 2 aliphatic rings. The Balaban J connectivity index is 1.63. The maximum atomic E-state index is 9.60. The predicted molar refractivity (Wildman–Crippen MR) is 63.5 cm³/mol. The van der Waals surface area contributed by atoms with Gasteiger partial charge in [-0.3, -0.25) is 0 Å². The fraction of sp³-hybridized carbons (Fsp3) is 1.00. The number of aliphatic hydroxyl groups is 1. The van der Waals surface area contributed by atoms with Crippen molar-refractivity contribution >= 4 is 0 Å². The van der Waals surface area contributed by atoms with Gasteiger partial charge in [0.05, 0.1) is 25.4 Å². The van der Waals surface area contributed by atoms with Crippen molar-refractivity contribution < 1.29 is 9.84 Å². The van der Waals surface area contributed by atoms with E-state index in [1.807, 2.05) is 0 Å². The first kappa shape index (κ1) is 12.3. The highest BCUT2D eigenvalue weighted by Crippen LogP contribution is 2.16. The third-order valence-corrected chi connectivity index (χ3v) is 3.87. The Morgan fingerprint density at radius 3 is 2.62 bits per heavy atom. The van der Waals surface area contributed by atoms with E-state index >= 15 is 0 Å². The number of hydrogen-bond acceptors (Lipinski definition) is 4. The summed E-state index contributed by atoms with van der Waals surface area (Å²) < 4.78 is 5.22. The summed E-state index contributed by atoms with van der Waals surface area (Å²) in [5.74, 6) is 0.774. The summed E-state index contributed by atoms with van der Waals surface area (Å²) in [5.41, 5.74) is 0. The van der Waals surface area contributed by atoms with Crippen LogP contribution in [0.25, 0.3) is 0 Å². The van der Waals surface area contributed by atoms with Gasteiger partial charge in [0.15, 0.2) is 0 Å². The summed E-state index contributed by atoms with van der Waals surface area (Å²) in [6.45, 7) is 8.04. The Hall–Kier alpha value is -0.160. The minimum Gasteiger partial charge on any atom is -0.389 e. The lowest BCUT2D eigenvalue weighted by atomic mass is 9.96. The van der Waals surface area contributed by atoms with Crippen LogP contribution in [0.15, 0.2) is 0 Å². The topological polar surface area (TPSA) is 44.7 Å². The number of nitrogens with one attached hydrogen (secondary N) is 1. The van der Waals surface area contributed by atoms with E-state index in [-0.39, 0.29) is 12.1 Å². The molecule has 4 heteroatoms. The first-order chi connectivity index (χ1) is 7.79. The van der Waals surface area contributed by atoms with Crippen molar-refractivity contribution in [1.29, 1.82) is 0 Å². The molecule has 2 aliphatic heterocycles. The van der Waals surface area contributed by atoms with Gasteiger partial charge < -0.3 is 20.1 Å². The summed E-state index contributed by atoms with van der Waals surface area (Å²) in [4.78, 5) is 2.50. The van der Waals surface area contributed by atoms with Crippen molar-refractivity contribution in [2.75, 3.05) is 39.4 Å². The van der Waals surface area contributed by atoms with Gasteiger partial charge in [-0.25, -0.2) is 0 Å². The number of nitrogens with zero attached hydrogens (tertiary/aromatic N) is 1. The molecule has 2 saturated heterocycles. The lowest BCUT2D eigenvalue weighted by Gasteiger charge is -2.31. The number of likely N-dealkylation sites (tertiary alicyclic amines) is 1. The number of piperidine rings is 1. The minimum absolute atomic E-state index is 0.157. The summed E-state index contributed by atoms with van der Waals surface area (Å²) in [6, 6.07) is 0.157. The molecule has 2 N–H and O–H groups in total. The molecule has 0 spiro atoms. The van der Waals surface area contributed by atoms with Gasteiger partial charge in [0, 0.05) is 0 Å². The summed E-state index contributed by atoms with van der Waals surface area (Å²) >= 11 is 0. The van der Waals surface area contributed by atoms with E-state index in [0.29, 0.717) is 13.2 Å². The Labute approximate surface area is 98.0 Å². The molecule has 16 heavy (non-hydrogen) atoms. The van der Waals surface area contributed by atoms with Crippen molar-refractivity contribution in [1.82, 2.24) is 10.2 Å². The molecule has 0 aromatic heterocycles. The molecule has 0 amide bonds. The first-order valence-electron chi connectivity index (χ1n) is 6.51. The predicted octanol–water partition coefficient (Wildman–Crippen LogP) is 0.0676. The smallest absolute Gasteiger partial charge is 0.0948 e. The molecule has 2 heterocycles. The van der Waals surface area contributed by atoms with Crippen LogP contribution in [0.1, 0.15) is 19.8 Å². The first-order valence-corrected chi connectivity index (χ1v) is 6.51. The van der Waals surface area contributed by atoms with E-state index in [2.05, 4.69) is 17.1 Å². The Morgan fingerprint density at radius 1 is 1.31 bits per heavy atom. The van der Waals surface area contributed by atoms with Gasteiger partial charge in [-0.2, -0.15) is 0 Å². The summed E-state index contributed by atoms with van der Waals surface area (Å²) in [7, 11) is 0. The number of ether oxygens (including phenoxy) is 1. The molecule has 2 unspecified atom stereocenters. The van der Waals surface area contributed by atoms with E-state index in [9.17, 15) is 5.11 Å². The Bertz CT molecular complexity index is 205. The minimum atomic E-state index is -0.310. The van der Waals surface area contributed by atoms with Gasteiger partial charge in [0.25, 0.3) is 0 Å².